The Bertz CT molecular complexity index is 1340. The number of carbonyl (C=O) groups is 1. The summed E-state index contributed by atoms with van der Waals surface area (Å²) in [4.78, 5) is 17.2. The minimum Gasteiger partial charge on any atom is -0.328 e. The van der Waals surface area contributed by atoms with Crippen LogP contribution in [-0.2, 0) is 13.0 Å². The Morgan fingerprint density at radius 3 is 2.79 bits per heavy atom. The molecule has 3 aromatic heterocycles. The predicted octanol–water partition coefficient (Wildman–Crippen LogP) is 4.83. The molecular formula is C24H25FN6OS. The average Bonchev–Trinajstić information content (AvgIpc) is 3.57. The fourth-order valence-corrected chi connectivity index (χ4v) is 6.22. The topological polar surface area (TPSA) is 68.8 Å². The van der Waals surface area contributed by atoms with Crippen LogP contribution in [-0.4, -0.2) is 41.9 Å². The lowest BCUT2D eigenvalue weighted by molar-refractivity contribution is 0.0732. The molecule has 0 saturated carbocycles. The van der Waals surface area contributed by atoms with E-state index in [1.54, 1.807) is 16.8 Å². The Labute approximate surface area is 194 Å². The van der Waals surface area contributed by atoms with Crippen LogP contribution in [0, 0.1) is 12.7 Å². The fourth-order valence-electron chi connectivity index (χ4n) is 5.08. The Kier molecular flexibility index (Phi) is 5.01. The molecule has 0 bridgehead atoms. The van der Waals surface area contributed by atoms with E-state index in [9.17, 15) is 9.18 Å². The zero-order valence-electron chi connectivity index (χ0n) is 18.5. The quantitative estimate of drug-likeness (QED) is 0.436. The van der Waals surface area contributed by atoms with Crippen LogP contribution in [0.4, 0.5) is 4.39 Å². The first-order valence-corrected chi connectivity index (χ1v) is 12.4. The van der Waals surface area contributed by atoms with Crippen LogP contribution in [0.25, 0.3) is 15.9 Å². The standard InChI is InChI=1S/C24H25FN6OS/c1-15-18-14-20(33-24(18)31(28-15)17-10-8-16(25)9-11-17)23(32)29-13-5-6-19(29)22-27-26-21-7-3-2-4-12-30(21)22/h8-11,14,19H,2-7,12-13H2,1H3. The van der Waals surface area contributed by atoms with Gasteiger partial charge in [-0.1, -0.05) is 6.42 Å². The zero-order valence-corrected chi connectivity index (χ0v) is 19.3. The number of rotatable bonds is 3. The lowest BCUT2D eigenvalue weighted by Gasteiger charge is -2.24. The number of amides is 1. The van der Waals surface area contributed by atoms with E-state index in [4.69, 9.17) is 0 Å². The maximum atomic E-state index is 13.7. The molecule has 0 aliphatic carbocycles. The molecule has 6 rings (SSSR count). The molecule has 9 heteroatoms. The van der Waals surface area contributed by atoms with Crippen LogP contribution in [0.2, 0.25) is 0 Å². The highest BCUT2D eigenvalue weighted by Crippen LogP contribution is 2.37. The third kappa shape index (κ3) is 3.45. The Balaban J connectivity index is 1.34. The van der Waals surface area contributed by atoms with Gasteiger partial charge in [-0.25, -0.2) is 9.07 Å². The molecule has 1 amide bonds. The summed E-state index contributed by atoms with van der Waals surface area (Å²) in [6.45, 7) is 3.60. The van der Waals surface area contributed by atoms with Crippen LogP contribution in [0.3, 0.4) is 0 Å². The van der Waals surface area contributed by atoms with Gasteiger partial charge in [-0.3, -0.25) is 4.79 Å². The number of hydrogen-bond acceptors (Lipinski definition) is 5. The number of aromatic nitrogens is 5. The van der Waals surface area contributed by atoms with E-state index >= 15 is 0 Å². The van der Waals surface area contributed by atoms with Crippen molar-refractivity contribution in [2.45, 2.75) is 58.0 Å². The molecule has 5 heterocycles. The first-order valence-electron chi connectivity index (χ1n) is 11.6. The molecule has 4 aromatic rings. The number of carbonyl (C=O) groups excluding carboxylic acids is 1. The number of halogens is 1. The van der Waals surface area contributed by atoms with Gasteiger partial charge >= 0.3 is 0 Å². The maximum Gasteiger partial charge on any atom is 0.264 e. The summed E-state index contributed by atoms with van der Waals surface area (Å²) in [6, 6.07) is 8.18. The van der Waals surface area contributed by atoms with Gasteiger partial charge in [0.1, 0.15) is 16.5 Å². The van der Waals surface area contributed by atoms with Crippen molar-refractivity contribution >= 4 is 27.5 Å². The molecule has 2 aliphatic rings. The van der Waals surface area contributed by atoms with E-state index in [1.165, 1.54) is 29.9 Å². The number of nitrogens with zero attached hydrogens (tertiary/aromatic N) is 6. The summed E-state index contributed by atoms with van der Waals surface area (Å²) < 4.78 is 17.4. The van der Waals surface area contributed by atoms with Crippen LogP contribution >= 0.6 is 11.3 Å². The highest BCUT2D eigenvalue weighted by atomic mass is 32.1. The number of likely N-dealkylation sites (tertiary alicyclic amines) is 1. The van der Waals surface area contributed by atoms with Gasteiger partial charge in [-0.2, -0.15) is 5.10 Å². The Hall–Kier alpha value is -3.07. The molecule has 1 aromatic carbocycles. The maximum absolute atomic E-state index is 13.7. The third-order valence-electron chi connectivity index (χ3n) is 6.78. The van der Waals surface area contributed by atoms with Gasteiger partial charge in [0, 0.05) is 24.9 Å². The normalized spacial score (nSPS) is 18.6. The summed E-state index contributed by atoms with van der Waals surface area (Å²) >= 11 is 1.44. The van der Waals surface area contributed by atoms with Crippen molar-refractivity contribution in [2.24, 2.45) is 0 Å². The molecule has 1 unspecified atom stereocenters. The second-order valence-corrected chi connectivity index (χ2v) is 9.93. The highest BCUT2D eigenvalue weighted by Gasteiger charge is 2.35. The minimum atomic E-state index is -0.285. The first-order chi connectivity index (χ1) is 16.1. The lowest BCUT2D eigenvalue weighted by atomic mass is 10.2. The van der Waals surface area contributed by atoms with E-state index in [0.717, 1.165) is 78.4 Å². The average molecular weight is 465 g/mol. The second kappa shape index (κ2) is 8.06. The molecule has 0 N–H and O–H groups in total. The second-order valence-electron chi connectivity index (χ2n) is 8.90. The third-order valence-corrected chi connectivity index (χ3v) is 7.88. The predicted molar refractivity (Wildman–Crippen MR) is 124 cm³/mol. The monoisotopic (exact) mass is 464 g/mol. The van der Waals surface area contributed by atoms with Crippen molar-refractivity contribution in [1.29, 1.82) is 0 Å². The van der Waals surface area contributed by atoms with Crippen molar-refractivity contribution in [2.75, 3.05) is 6.54 Å². The molecular weight excluding hydrogens is 439 g/mol. The van der Waals surface area contributed by atoms with Crippen LogP contribution in [0.15, 0.2) is 30.3 Å². The van der Waals surface area contributed by atoms with E-state index in [0.29, 0.717) is 4.88 Å². The van der Waals surface area contributed by atoms with Crippen molar-refractivity contribution in [3.63, 3.8) is 0 Å². The molecule has 1 atom stereocenters. The van der Waals surface area contributed by atoms with Crippen molar-refractivity contribution in [3.8, 4) is 5.69 Å². The molecule has 170 valence electrons. The number of thiophene rings is 1. The van der Waals surface area contributed by atoms with Gasteiger partial charge in [0.15, 0.2) is 5.82 Å². The van der Waals surface area contributed by atoms with Crippen molar-refractivity contribution in [3.05, 3.63) is 58.4 Å². The lowest BCUT2D eigenvalue weighted by Crippen LogP contribution is -2.31. The first kappa shape index (κ1) is 20.5. The largest absolute Gasteiger partial charge is 0.328 e. The van der Waals surface area contributed by atoms with Gasteiger partial charge in [0.05, 0.1) is 22.3 Å². The Morgan fingerprint density at radius 1 is 1.09 bits per heavy atom. The molecule has 0 radical (unpaired) electrons. The van der Waals surface area contributed by atoms with Crippen LogP contribution in [0.1, 0.15) is 65.2 Å². The molecule has 33 heavy (non-hydrogen) atoms. The summed E-state index contributed by atoms with van der Waals surface area (Å²) in [5.41, 5.74) is 1.63. The van der Waals surface area contributed by atoms with E-state index in [2.05, 4.69) is 19.9 Å². The number of fused-ring (bicyclic) bond motifs is 2. The van der Waals surface area contributed by atoms with E-state index in [1.807, 2.05) is 17.9 Å². The number of hydrogen-bond donors (Lipinski definition) is 0. The number of aryl methyl sites for hydroxylation is 2. The molecule has 7 nitrogen and oxygen atoms in total. The van der Waals surface area contributed by atoms with Gasteiger partial charge in [-0.15, -0.1) is 21.5 Å². The SMILES string of the molecule is Cc1nn(-c2ccc(F)cc2)c2sc(C(=O)N3CCCC3c3nnc4n3CCCCC4)cc12. The summed E-state index contributed by atoms with van der Waals surface area (Å²) in [6.07, 6.45) is 6.33. The van der Waals surface area contributed by atoms with E-state index in [-0.39, 0.29) is 17.8 Å². The molecule has 1 saturated heterocycles. The zero-order chi connectivity index (χ0) is 22.5. The summed E-state index contributed by atoms with van der Waals surface area (Å²) in [7, 11) is 0. The smallest absolute Gasteiger partial charge is 0.264 e. The minimum absolute atomic E-state index is 0.0308. The van der Waals surface area contributed by atoms with Gasteiger partial charge in [0.25, 0.3) is 5.91 Å². The summed E-state index contributed by atoms with van der Waals surface area (Å²) in [5, 5.41) is 14.6. The van der Waals surface area contributed by atoms with Gasteiger partial charge < -0.3 is 9.47 Å². The fraction of sp³-hybridized carbons (Fsp3) is 0.417. The van der Waals surface area contributed by atoms with Crippen LogP contribution in [0.5, 0.6) is 0 Å². The summed E-state index contributed by atoms with van der Waals surface area (Å²) in [5.74, 6) is 1.74. The van der Waals surface area contributed by atoms with Crippen molar-refractivity contribution < 1.29 is 9.18 Å². The van der Waals surface area contributed by atoms with Crippen molar-refractivity contribution in [1.82, 2.24) is 29.4 Å². The van der Waals surface area contributed by atoms with Gasteiger partial charge in [-0.05, 0) is 62.9 Å². The molecule has 1 fully saturated rings. The Morgan fingerprint density at radius 2 is 1.94 bits per heavy atom. The molecule has 0 spiro atoms. The van der Waals surface area contributed by atoms with Crippen LogP contribution < -0.4 is 0 Å². The molecule has 2 aliphatic heterocycles. The number of benzene rings is 1. The highest BCUT2D eigenvalue weighted by molar-refractivity contribution is 7.20. The van der Waals surface area contributed by atoms with Gasteiger partial charge in [0.2, 0.25) is 0 Å². The van der Waals surface area contributed by atoms with E-state index < -0.39 is 0 Å².